The molecule has 0 fully saturated rings. The van der Waals surface area contributed by atoms with Gasteiger partial charge >= 0.3 is 0 Å². The Labute approximate surface area is 106 Å². The van der Waals surface area contributed by atoms with Crippen molar-refractivity contribution < 1.29 is 9.47 Å². The van der Waals surface area contributed by atoms with Crippen molar-refractivity contribution >= 4 is 0 Å². The lowest BCUT2D eigenvalue weighted by atomic mass is 10.2. The molecule has 0 N–H and O–H groups in total. The molecule has 0 saturated carbocycles. The summed E-state index contributed by atoms with van der Waals surface area (Å²) in [5.41, 5.74) is 1.09. The Hall–Kier alpha value is -0.640. The highest BCUT2D eigenvalue weighted by Crippen LogP contribution is 2.01. The quantitative estimate of drug-likeness (QED) is 0.387. The van der Waals surface area contributed by atoms with Crippen LogP contribution < -0.4 is 0 Å². The number of allylic oxidation sites excluding steroid dienone is 1. The minimum absolute atomic E-state index is 0.776. The van der Waals surface area contributed by atoms with Crippen LogP contribution in [0, 0.1) is 0 Å². The molecule has 0 aromatic rings. The molecule has 0 bridgehead atoms. The van der Waals surface area contributed by atoms with Crippen LogP contribution in [0.3, 0.4) is 0 Å². The van der Waals surface area contributed by atoms with Crippen LogP contribution in [0.25, 0.3) is 0 Å². The van der Waals surface area contributed by atoms with E-state index in [1.165, 1.54) is 0 Å². The molecule has 0 rings (SSSR count). The summed E-state index contributed by atoms with van der Waals surface area (Å²) in [6.45, 7) is 17.7. The fourth-order valence-electron chi connectivity index (χ4n) is 1.42. The molecule has 0 amide bonds. The van der Waals surface area contributed by atoms with E-state index in [2.05, 4.69) is 18.1 Å². The van der Waals surface area contributed by atoms with Gasteiger partial charge < -0.3 is 9.47 Å². The molecule has 0 atom stereocenters. The minimum Gasteiger partial charge on any atom is -0.380 e. The zero-order chi connectivity index (χ0) is 12.9. The van der Waals surface area contributed by atoms with Crippen molar-refractivity contribution in [2.75, 3.05) is 46.1 Å². The van der Waals surface area contributed by atoms with Crippen LogP contribution in [0.4, 0.5) is 0 Å². The van der Waals surface area contributed by atoms with Gasteiger partial charge in [0.05, 0.1) is 13.2 Å². The Morgan fingerprint density at radius 1 is 1.06 bits per heavy atom. The van der Waals surface area contributed by atoms with E-state index < -0.39 is 0 Å². The predicted octanol–water partition coefficient (Wildman–Crippen LogP) is 2.49. The van der Waals surface area contributed by atoms with Gasteiger partial charge in [0, 0.05) is 32.8 Å². The first kappa shape index (κ1) is 16.4. The molecule has 0 aliphatic rings. The Bertz CT molecular complexity index is 194. The minimum atomic E-state index is 0.776. The highest BCUT2D eigenvalue weighted by molar-refractivity contribution is 5.10. The zero-order valence-corrected chi connectivity index (χ0v) is 11.4. The molecule has 17 heavy (non-hydrogen) atoms. The molecule has 0 aromatic heterocycles. The number of hydrogen-bond donors (Lipinski definition) is 0. The van der Waals surface area contributed by atoms with Gasteiger partial charge in [0.25, 0.3) is 0 Å². The summed E-state index contributed by atoms with van der Waals surface area (Å²) in [7, 11) is 0. The summed E-state index contributed by atoms with van der Waals surface area (Å²) >= 11 is 0. The summed E-state index contributed by atoms with van der Waals surface area (Å²) in [6, 6.07) is 0. The predicted molar refractivity (Wildman–Crippen MR) is 73.4 cm³/mol. The van der Waals surface area contributed by atoms with E-state index >= 15 is 0 Å². The van der Waals surface area contributed by atoms with Gasteiger partial charge in [0.1, 0.15) is 0 Å². The molecule has 0 unspecified atom stereocenters. The van der Waals surface area contributed by atoms with E-state index in [-0.39, 0.29) is 0 Å². The molecular weight excluding hydrogens is 214 g/mol. The van der Waals surface area contributed by atoms with Crippen molar-refractivity contribution in [3.05, 3.63) is 24.8 Å². The molecule has 0 spiro atoms. The van der Waals surface area contributed by atoms with Crippen molar-refractivity contribution in [3.8, 4) is 0 Å². The largest absolute Gasteiger partial charge is 0.380 e. The standard InChI is InChI=1S/C14H27NO2/c1-5-14(4)8-9-15(10-12-16-6-2)11-13-17-7-3/h5H,1,4,6-13H2,2-3H3. The Morgan fingerprint density at radius 2 is 1.59 bits per heavy atom. The zero-order valence-electron chi connectivity index (χ0n) is 11.4. The maximum absolute atomic E-state index is 5.38. The van der Waals surface area contributed by atoms with Gasteiger partial charge in [0.2, 0.25) is 0 Å². The lowest BCUT2D eigenvalue weighted by Crippen LogP contribution is -2.32. The number of ether oxygens (including phenoxy) is 2. The number of rotatable bonds is 12. The normalized spacial score (nSPS) is 10.8. The highest BCUT2D eigenvalue weighted by Gasteiger charge is 2.04. The topological polar surface area (TPSA) is 21.7 Å². The van der Waals surface area contributed by atoms with Crippen LogP contribution in [0.5, 0.6) is 0 Å². The molecule has 0 radical (unpaired) electrons. The third kappa shape index (κ3) is 10.2. The SMILES string of the molecule is C=CC(=C)CCN(CCOCC)CCOCC. The van der Waals surface area contributed by atoms with Crippen molar-refractivity contribution in [3.63, 3.8) is 0 Å². The fraction of sp³-hybridized carbons (Fsp3) is 0.714. The summed E-state index contributed by atoms with van der Waals surface area (Å²) in [4.78, 5) is 2.35. The average Bonchev–Trinajstić information content (AvgIpc) is 2.35. The first-order valence-electron chi connectivity index (χ1n) is 6.42. The second-order valence-corrected chi connectivity index (χ2v) is 3.85. The molecule has 0 heterocycles. The first-order chi connectivity index (χ1) is 8.24. The molecular formula is C14H27NO2. The van der Waals surface area contributed by atoms with Gasteiger partial charge in [-0.2, -0.15) is 0 Å². The number of hydrogen-bond acceptors (Lipinski definition) is 3. The summed E-state index contributed by atoms with van der Waals surface area (Å²) < 4.78 is 10.8. The van der Waals surface area contributed by atoms with Crippen molar-refractivity contribution in [2.24, 2.45) is 0 Å². The van der Waals surface area contributed by atoms with Crippen molar-refractivity contribution in [1.82, 2.24) is 4.90 Å². The first-order valence-corrected chi connectivity index (χ1v) is 6.42. The van der Waals surface area contributed by atoms with Gasteiger partial charge in [-0.1, -0.05) is 24.8 Å². The molecule has 0 aromatic carbocycles. The van der Waals surface area contributed by atoms with Crippen LogP contribution in [-0.2, 0) is 9.47 Å². The number of nitrogens with zero attached hydrogens (tertiary/aromatic N) is 1. The summed E-state index contributed by atoms with van der Waals surface area (Å²) in [5, 5.41) is 0. The Morgan fingerprint density at radius 3 is 2.00 bits per heavy atom. The summed E-state index contributed by atoms with van der Waals surface area (Å²) in [6.07, 6.45) is 2.78. The molecule has 0 aliphatic heterocycles. The van der Waals surface area contributed by atoms with Crippen LogP contribution in [0.1, 0.15) is 20.3 Å². The van der Waals surface area contributed by atoms with Crippen LogP contribution >= 0.6 is 0 Å². The Balaban J connectivity index is 3.82. The highest BCUT2D eigenvalue weighted by atomic mass is 16.5. The van der Waals surface area contributed by atoms with Crippen molar-refractivity contribution in [1.29, 1.82) is 0 Å². The maximum atomic E-state index is 5.38. The van der Waals surface area contributed by atoms with Crippen LogP contribution in [-0.4, -0.2) is 51.0 Å². The van der Waals surface area contributed by atoms with E-state index in [0.29, 0.717) is 0 Å². The second-order valence-electron chi connectivity index (χ2n) is 3.85. The Kier molecular flexibility index (Phi) is 11.4. The van der Waals surface area contributed by atoms with Gasteiger partial charge in [-0.3, -0.25) is 4.90 Å². The van der Waals surface area contributed by atoms with Gasteiger partial charge in [0.15, 0.2) is 0 Å². The van der Waals surface area contributed by atoms with Gasteiger partial charge in [-0.15, -0.1) is 0 Å². The monoisotopic (exact) mass is 241 g/mol. The fourth-order valence-corrected chi connectivity index (χ4v) is 1.42. The molecule has 0 saturated heterocycles. The van der Waals surface area contributed by atoms with E-state index in [1.807, 2.05) is 19.9 Å². The molecule has 0 aliphatic carbocycles. The van der Waals surface area contributed by atoms with Gasteiger partial charge in [-0.25, -0.2) is 0 Å². The smallest absolute Gasteiger partial charge is 0.0593 e. The lowest BCUT2D eigenvalue weighted by molar-refractivity contribution is 0.0834. The van der Waals surface area contributed by atoms with E-state index in [0.717, 1.165) is 58.1 Å². The van der Waals surface area contributed by atoms with E-state index in [4.69, 9.17) is 9.47 Å². The third-order valence-corrected chi connectivity index (χ3v) is 2.55. The van der Waals surface area contributed by atoms with Crippen LogP contribution in [0.15, 0.2) is 24.8 Å². The molecule has 3 heteroatoms. The maximum Gasteiger partial charge on any atom is 0.0593 e. The van der Waals surface area contributed by atoms with Crippen LogP contribution in [0.2, 0.25) is 0 Å². The second kappa shape index (κ2) is 11.8. The van der Waals surface area contributed by atoms with E-state index in [9.17, 15) is 0 Å². The van der Waals surface area contributed by atoms with Crippen molar-refractivity contribution in [2.45, 2.75) is 20.3 Å². The molecule has 3 nitrogen and oxygen atoms in total. The average molecular weight is 241 g/mol. The third-order valence-electron chi connectivity index (χ3n) is 2.55. The van der Waals surface area contributed by atoms with Gasteiger partial charge in [-0.05, 0) is 20.3 Å². The summed E-state index contributed by atoms with van der Waals surface area (Å²) in [5.74, 6) is 0. The molecule has 100 valence electrons. The lowest BCUT2D eigenvalue weighted by Gasteiger charge is -2.22. The van der Waals surface area contributed by atoms with E-state index in [1.54, 1.807) is 0 Å².